The monoisotopic (exact) mass is 352 g/mol. The summed E-state index contributed by atoms with van der Waals surface area (Å²) in [7, 11) is 0. The molecule has 0 bridgehead atoms. The maximum atomic E-state index is 4.39. The van der Waals surface area contributed by atoms with Crippen molar-refractivity contribution in [3.05, 3.63) is 73.3 Å². The fraction of sp³-hybridized carbons (Fsp3) is 0. The van der Waals surface area contributed by atoms with E-state index in [2.05, 4.69) is 80.2 Å². The highest BCUT2D eigenvalue weighted by atomic mass is 32.1. The molecule has 0 aliphatic carbocycles. The molecule has 3 aromatic heterocycles. The topological polar surface area (TPSA) is 43.6 Å². The van der Waals surface area contributed by atoms with Crippen molar-refractivity contribution in [1.82, 2.24) is 19.5 Å². The average Bonchev–Trinajstić information content (AvgIpc) is 3.22. The van der Waals surface area contributed by atoms with Gasteiger partial charge in [0.25, 0.3) is 0 Å². The minimum absolute atomic E-state index is 0.644. The summed E-state index contributed by atoms with van der Waals surface area (Å²) >= 11 is 1.84. The molecule has 0 atom stereocenters. The number of hydrogen-bond donors (Lipinski definition) is 0. The molecule has 0 aliphatic rings. The molecule has 0 fully saturated rings. The van der Waals surface area contributed by atoms with Gasteiger partial charge < -0.3 is 0 Å². The summed E-state index contributed by atoms with van der Waals surface area (Å²) in [6, 6.07) is 21.5. The van der Waals surface area contributed by atoms with Gasteiger partial charge in [-0.25, -0.2) is 15.0 Å². The van der Waals surface area contributed by atoms with Crippen LogP contribution in [0.5, 0.6) is 0 Å². The second-order valence-electron chi connectivity index (χ2n) is 6.25. The number of rotatable bonds is 1. The first-order valence-corrected chi connectivity index (χ1v) is 9.18. The van der Waals surface area contributed by atoms with E-state index in [1.54, 1.807) is 12.7 Å². The van der Waals surface area contributed by atoms with Gasteiger partial charge in [-0.2, -0.15) is 0 Å². The predicted molar refractivity (Wildman–Crippen MR) is 107 cm³/mol. The number of hydrogen-bond acceptors (Lipinski definition) is 4. The fourth-order valence-electron chi connectivity index (χ4n) is 3.75. The zero-order valence-corrected chi connectivity index (χ0v) is 14.4. The first-order valence-electron chi connectivity index (χ1n) is 8.37. The lowest BCUT2D eigenvalue weighted by Gasteiger charge is -2.04. The zero-order valence-electron chi connectivity index (χ0n) is 13.6. The number of nitrogens with zero attached hydrogens (tertiary/aromatic N) is 4. The predicted octanol–water partition coefficient (Wildman–Crippen LogP) is 5.34. The highest BCUT2D eigenvalue weighted by molar-refractivity contribution is 7.25. The molecule has 0 saturated heterocycles. The summed E-state index contributed by atoms with van der Waals surface area (Å²) in [5.74, 6) is 0.644. The van der Waals surface area contributed by atoms with Crippen molar-refractivity contribution < 1.29 is 0 Å². The molecule has 6 rings (SSSR count). The summed E-state index contributed by atoms with van der Waals surface area (Å²) in [5, 5.41) is 5.00. The Bertz CT molecular complexity index is 1430. The lowest BCUT2D eigenvalue weighted by molar-refractivity contribution is 0.940. The molecule has 0 N–H and O–H groups in total. The van der Waals surface area contributed by atoms with Crippen LogP contribution in [0.3, 0.4) is 0 Å². The first-order chi connectivity index (χ1) is 12.9. The Morgan fingerprint density at radius 2 is 1.42 bits per heavy atom. The molecule has 0 spiro atoms. The molecule has 0 radical (unpaired) electrons. The van der Waals surface area contributed by atoms with Crippen LogP contribution in [0.1, 0.15) is 0 Å². The lowest BCUT2D eigenvalue weighted by Crippen LogP contribution is -2.00. The van der Waals surface area contributed by atoms with E-state index in [1.165, 1.54) is 30.9 Å². The Hall–Kier alpha value is -3.31. The van der Waals surface area contributed by atoms with Gasteiger partial charge in [-0.1, -0.05) is 36.4 Å². The van der Waals surface area contributed by atoms with E-state index in [9.17, 15) is 0 Å². The van der Waals surface area contributed by atoms with Crippen molar-refractivity contribution in [2.24, 2.45) is 0 Å². The van der Waals surface area contributed by atoms with E-state index in [0.717, 1.165) is 11.0 Å². The second kappa shape index (κ2) is 5.09. The van der Waals surface area contributed by atoms with Crippen LogP contribution in [-0.4, -0.2) is 19.5 Å². The Balaban J connectivity index is 1.86. The number of fused-ring (bicyclic) bond motifs is 6. The van der Waals surface area contributed by atoms with E-state index in [0.29, 0.717) is 5.95 Å². The first kappa shape index (κ1) is 13.9. The Labute approximate surface area is 152 Å². The zero-order chi connectivity index (χ0) is 17.1. The summed E-state index contributed by atoms with van der Waals surface area (Å²) in [6.45, 7) is 0. The molecule has 0 saturated carbocycles. The summed E-state index contributed by atoms with van der Waals surface area (Å²) in [4.78, 5) is 12.8. The van der Waals surface area contributed by atoms with Crippen LogP contribution < -0.4 is 0 Å². The fourth-order valence-corrected chi connectivity index (χ4v) is 4.88. The van der Waals surface area contributed by atoms with Crippen molar-refractivity contribution in [2.75, 3.05) is 0 Å². The SMILES string of the molecule is c1ccc2c(c1)sc1cc3c4ccccc4n(-c4ncncn4)c3cc12. The van der Waals surface area contributed by atoms with Gasteiger partial charge in [0.05, 0.1) is 11.0 Å². The van der Waals surface area contributed by atoms with Crippen molar-refractivity contribution in [1.29, 1.82) is 0 Å². The normalized spacial score (nSPS) is 11.8. The molecule has 3 aromatic carbocycles. The van der Waals surface area contributed by atoms with Gasteiger partial charge in [0.15, 0.2) is 0 Å². The smallest absolute Gasteiger partial charge is 0.237 e. The second-order valence-corrected chi connectivity index (χ2v) is 7.34. The Kier molecular flexibility index (Phi) is 2.73. The molecular weight excluding hydrogens is 340 g/mol. The molecule has 0 aliphatic heterocycles. The molecule has 5 heteroatoms. The maximum absolute atomic E-state index is 4.39. The molecule has 122 valence electrons. The summed E-state index contributed by atoms with van der Waals surface area (Å²) in [5.41, 5.74) is 2.23. The number of benzene rings is 3. The van der Waals surface area contributed by atoms with E-state index in [4.69, 9.17) is 0 Å². The van der Waals surface area contributed by atoms with Gasteiger partial charge in [-0.3, -0.25) is 4.57 Å². The molecule has 6 aromatic rings. The van der Waals surface area contributed by atoms with Gasteiger partial charge in [0.1, 0.15) is 12.7 Å². The standard InChI is InChI=1S/C21H12N4S/c1-3-7-17-13(5-1)15-10-20-16(14-6-2-4-8-19(14)26-20)9-18(15)25(17)21-23-11-22-12-24-21/h1-12H. The molecule has 0 unspecified atom stereocenters. The highest BCUT2D eigenvalue weighted by Crippen LogP contribution is 2.39. The van der Waals surface area contributed by atoms with Crippen molar-refractivity contribution in [3.63, 3.8) is 0 Å². The van der Waals surface area contributed by atoms with Crippen LogP contribution in [0.2, 0.25) is 0 Å². The molecule has 0 amide bonds. The average molecular weight is 352 g/mol. The quantitative estimate of drug-likeness (QED) is 0.401. The lowest BCUT2D eigenvalue weighted by atomic mass is 10.1. The number of aromatic nitrogens is 4. The van der Waals surface area contributed by atoms with Gasteiger partial charge in [0.2, 0.25) is 5.95 Å². The molecular formula is C21H12N4S. The van der Waals surface area contributed by atoms with Crippen molar-refractivity contribution >= 4 is 53.3 Å². The van der Waals surface area contributed by atoms with Crippen LogP contribution in [0.4, 0.5) is 0 Å². The van der Waals surface area contributed by atoms with E-state index < -0.39 is 0 Å². The van der Waals surface area contributed by atoms with Crippen LogP contribution in [0.25, 0.3) is 47.9 Å². The summed E-state index contributed by atoms with van der Waals surface area (Å²) < 4.78 is 4.74. The largest absolute Gasteiger partial charge is 0.278 e. The minimum Gasteiger partial charge on any atom is -0.278 e. The Morgan fingerprint density at radius 1 is 0.654 bits per heavy atom. The van der Waals surface area contributed by atoms with Gasteiger partial charge in [-0.05, 0) is 24.3 Å². The minimum atomic E-state index is 0.644. The molecule has 4 nitrogen and oxygen atoms in total. The molecule has 26 heavy (non-hydrogen) atoms. The van der Waals surface area contributed by atoms with Gasteiger partial charge in [-0.15, -0.1) is 11.3 Å². The molecule has 3 heterocycles. The number of para-hydroxylation sites is 1. The van der Waals surface area contributed by atoms with Crippen molar-refractivity contribution in [3.8, 4) is 5.95 Å². The Morgan fingerprint density at radius 3 is 2.31 bits per heavy atom. The third-order valence-electron chi connectivity index (χ3n) is 4.85. The van der Waals surface area contributed by atoms with Crippen molar-refractivity contribution in [2.45, 2.75) is 0 Å². The van der Waals surface area contributed by atoms with Crippen LogP contribution >= 0.6 is 11.3 Å². The van der Waals surface area contributed by atoms with Gasteiger partial charge >= 0.3 is 0 Å². The van der Waals surface area contributed by atoms with E-state index in [-0.39, 0.29) is 0 Å². The highest BCUT2D eigenvalue weighted by Gasteiger charge is 2.16. The van der Waals surface area contributed by atoms with Crippen LogP contribution in [0.15, 0.2) is 73.3 Å². The van der Waals surface area contributed by atoms with E-state index >= 15 is 0 Å². The third kappa shape index (κ3) is 1.80. The van der Waals surface area contributed by atoms with E-state index in [1.807, 2.05) is 11.3 Å². The van der Waals surface area contributed by atoms with Gasteiger partial charge in [0, 0.05) is 30.9 Å². The summed E-state index contributed by atoms with van der Waals surface area (Å²) in [6.07, 6.45) is 3.09. The van der Waals surface area contributed by atoms with Crippen LogP contribution in [0, 0.1) is 0 Å². The maximum Gasteiger partial charge on any atom is 0.237 e. The number of thiophene rings is 1. The van der Waals surface area contributed by atoms with Crippen LogP contribution in [-0.2, 0) is 0 Å². The third-order valence-corrected chi connectivity index (χ3v) is 5.98.